The van der Waals surface area contributed by atoms with Crippen molar-refractivity contribution in [3.63, 3.8) is 0 Å². The summed E-state index contributed by atoms with van der Waals surface area (Å²) in [6, 6.07) is 18.7. The molecule has 2 heterocycles. The summed E-state index contributed by atoms with van der Waals surface area (Å²) < 4.78 is 2.27. The van der Waals surface area contributed by atoms with Gasteiger partial charge in [-0.15, -0.1) is 0 Å². The van der Waals surface area contributed by atoms with Crippen molar-refractivity contribution < 1.29 is 4.79 Å². The number of carbonyl (C=O) groups is 1. The van der Waals surface area contributed by atoms with Crippen molar-refractivity contribution in [2.45, 2.75) is 40.5 Å². The van der Waals surface area contributed by atoms with E-state index in [0.717, 1.165) is 35.5 Å². The lowest BCUT2D eigenvalue weighted by Gasteiger charge is -2.13. The highest BCUT2D eigenvalue weighted by molar-refractivity contribution is 8.18. The SMILES string of the molecule is CCc1ccc(N=C2NC(=O)/C(=C/c3cc(C)n(-c4ccccc4CC)c3C)S2)cc1. The summed E-state index contributed by atoms with van der Waals surface area (Å²) in [7, 11) is 0. The lowest BCUT2D eigenvalue weighted by molar-refractivity contribution is -0.115. The fourth-order valence-electron chi connectivity index (χ4n) is 3.88. The molecule has 1 saturated heterocycles. The second-order valence-corrected chi connectivity index (χ2v) is 8.68. The van der Waals surface area contributed by atoms with Crippen molar-refractivity contribution in [2.75, 3.05) is 0 Å². The highest BCUT2D eigenvalue weighted by Crippen LogP contribution is 2.31. The minimum atomic E-state index is -0.104. The van der Waals surface area contributed by atoms with E-state index in [9.17, 15) is 4.79 Å². The Morgan fingerprint density at radius 2 is 1.77 bits per heavy atom. The molecule has 0 radical (unpaired) electrons. The highest BCUT2D eigenvalue weighted by atomic mass is 32.2. The largest absolute Gasteiger partial charge is 0.318 e. The number of para-hydroxylation sites is 1. The van der Waals surface area contributed by atoms with Crippen LogP contribution in [-0.2, 0) is 17.6 Å². The van der Waals surface area contributed by atoms with Gasteiger partial charge in [-0.05, 0) is 85.5 Å². The molecule has 3 aromatic rings. The molecule has 0 spiro atoms. The van der Waals surface area contributed by atoms with Gasteiger partial charge in [-0.3, -0.25) is 4.79 Å². The maximum Gasteiger partial charge on any atom is 0.264 e. The first-order chi connectivity index (χ1) is 15.0. The Balaban J connectivity index is 1.63. The van der Waals surface area contributed by atoms with Crippen LogP contribution in [0.5, 0.6) is 0 Å². The van der Waals surface area contributed by atoms with Gasteiger partial charge in [-0.1, -0.05) is 44.2 Å². The van der Waals surface area contributed by atoms with Crippen LogP contribution in [-0.4, -0.2) is 15.6 Å². The molecule has 0 bridgehead atoms. The Morgan fingerprint density at radius 3 is 2.48 bits per heavy atom. The van der Waals surface area contributed by atoms with E-state index < -0.39 is 0 Å². The molecule has 158 valence electrons. The van der Waals surface area contributed by atoms with Crippen LogP contribution in [0.15, 0.2) is 64.5 Å². The predicted molar refractivity (Wildman–Crippen MR) is 131 cm³/mol. The van der Waals surface area contributed by atoms with Gasteiger partial charge in [0.2, 0.25) is 0 Å². The van der Waals surface area contributed by atoms with Crippen LogP contribution < -0.4 is 5.32 Å². The number of benzene rings is 2. The molecule has 0 aliphatic carbocycles. The molecule has 4 nitrogen and oxygen atoms in total. The summed E-state index contributed by atoms with van der Waals surface area (Å²) in [5.74, 6) is -0.104. The number of hydrogen-bond donors (Lipinski definition) is 1. The quantitative estimate of drug-likeness (QED) is 0.497. The molecule has 0 atom stereocenters. The van der Waals surface area contributed by atoms with Crippen LogP contribution in [0.3, 0.4) is 0 Å². The number of thioether (sulfide) groups is 1. The molecule has 0 saturated carbocycles. The van der Waals surface area contributed by atoms with Crippen LogP contribution in [0.25, 0.3) is 11.8 Å². The van der Waals surface area contributed by atoms with E-state index in [1.165, 1.54) is 28.6 Å². The summed E-state index contributed by atoms with van der Waals surface area (Å²) in [4.78, 5) is 17.8. The number of aryl methyl sites for hydroxylation is 3. The zero-order valence-corrected chi connectivity index (χ0v) is 19.2. The molecular formula is C26H27N3OS. The summed E-state index contributed by atoms with van der Waals surface area (Å²) in [6.45, 7) is 8.51. The van der Waals surface area contributed by atoms with Gasteiger partial charge < -0.3 is 9.88 Å². The van der Waals surface area contributed by atoms with Gasteiger partial charge in [-0.2, -0.15) is 0 Å². The van der Waals surface area contributed by atoms with Crippen molar-refractivity contribution in [2.24, 2.45) is 4.99 Å². The molecule has 1 aromatic heterocycles. The normalized spacial score (nSPS) is 16.3. The third-order valence-corrected chi connectivity index (χ3v) is 6.51. The van der Waals surface area contributed by atoms with Crippen molar-refractivity contribution >= 4 is 34.6 Å². The van der Waals surface area contributed by atoms with E-state index in [2.05, 4.69) is 85.0 Å². The van der Waals surface area contributed by atoms with Gasteiger partial charge in [0.15, 0.2) is 5.17 Å². The smallest absolute Gasteiger partial charge is 0.264 e. The highest BCUT2D eigenvalue weighted by Gasteiger charge is 2.24. The molecular weight excluding hydrogens is 402 g/mol. The number of aromatic nitrogens is 1. The standard InChI is InChI=1S/C26H27N3OS/c1-5-19-11-13-22(14-12-19)27-26-28-25(30)24(31-26)16-21-15-17(3)29(18(21)4)23-10-8-7-9-20(23)6-2/h7-16H,5-6H2,1-4H3,(H,27,28,30)/b24-16-. The monoisotopic (exact) mass is 429 g/mol. The molecule has 31 heavy (non-hydrogen) atoms. The molecule has 1 aliphatic rings. The van der Waals surface area contributed by atoms with Crippen LogP contribution >= 0.6 is 11.8 Å². The van der Waals surface area contributed by atoms with Gasteiger partial charge in [0.05, 0.1) is 10.6 Å². The Hall–Kier alpha value is -3.05. The Morgan fingerprint density at radius 1 is 1.03 bits per heavy atom. The minimum Gasteiger partial charge on any atom is -0.318 e. The fraction of sp³-hybridized carbons (Fsp3) is 0.231. The fourth-order valence-corrected chi connectivity index (χ4v) is 4.71. The van der Waals surface area contributed by atoms with E-state index in [1.807, 2.05) is 18.2 Å². The maximum absolute atomic E-state index is 12.6. The van der Waals surface area contributed by atoms with Gasteiger partial charge in [0, 0.05) is 17.1 Å². The van der Waals surface area contributed by atoms with Gasteiger partial charge >= 0.3 is 0 Å². The number of aliphatic imine (C=N–C) groups is 1. The Bertz CT molecular complexity index is 1190. The molecule has 0 unspecified atom stereocenters. The van der Waals surface area contributed by atoms with Crippen LogP contribution in [0, 0.1) is 13.8 Å². The molecule has 2 aromatic carbocycles. The van der Waals surface area contributed by atoms with Crippen molar-refractivity contribution in [3.8, 4) is 5.69 Å². The number of nitrogens with zero attached hydrogens (tertiary/aromatic N) is 2. The molecule has 1 fully saturated rings. The first kappa shape index (κ1) is 21.2. The van der Waals surface area contributed by atoms with E-state index >= 15 is 0 Å². The number of hydrogen-bond acceptors (Lipinski definition) is 3. The lowest BCUT2D eigenvalue weighted by Crippen LogP contribution is -2.19. The first-order valence-electron chi connectivity index (χ1n) is 10.7. The van der Waals surface area contributed by atoms with Gasteiger partial charge in [0.25, 0.3) is 5.91 Å². The zero-order chi connectivity index (χ0) is 22.0. The number of rotatable bonds is 5. The predicted octanol–water partition coefficient (Wildman–Crippen LogP) is 6.11. The summed E-state index contributed by atoms with van der Waals surface area (Å²) in [5, 5.41) is 3.51. The van der Waals surface area contributed by atoms with E-state index in [0.29, 0.717) is 10.1 Å². The second kappa shape index (κ2) is 8.98. The molecule has 5 heteroatoms. The summed E-state index contributed by atoms with van der Waals surface area (Å²) in [6.07, 6.45) is 3.94. The number of amidine groups is 1. The topological polar surface area (TPSA) is 46.4 Å². The average Bonchev–Trinajstić information content (AvgIpc) is 3.26. The Labute approximate surface area is 188 Å². The number of carbonyl (C=O) groups excluding carboxylic acids is 1. The molecule has 1 N–H and O–H groups in total. The minimum absolute atomic E-state index is 0.104. The van der Waals surface area contributed by atoms with E-state index in [4.69, 9.17) is 0 Å². The average molecular weight is 430 g/mol. The van der Waals surface area contributed by atoms with Crippen molar-refractivity contribution in [1.82, 2.24) is 9.88 Å². The second-order valence-electron chi connectivity index (χ2n) is 7.65. The van der Waals surface area contributed by atoms with Gasteiger partial charge in [-0.25, -0.2) is 4.99 Å². The van der Waals surface area contributed by atoms with E-state index in [-0.39, 0.29) is 5.91 Å². The third kappa shape index (κ3) is 4.37. The summed E-state index contributed by atoms with van der Waals surface area (Å²) in [5.41, 5.74) is 7.95. The molecule has 1 amide bonds. The summed E-state index contributed by atoms with van der Waals surface area (Å²) >= 11 is 1.39. The van der Waals surface area contributed by atoms with Gasteiger partial charge in [0.1, 0.15) is 0 Å². The van der Waals surface area contributed by atoms with E-state index in [1.54, 1.807) is 0 Å². The van der Waals surface area contributed by atoms with Crippen molar-refractivity contribution in [3.05, 3.63) is 87.6 Å². The zero-order valence-electron chi connectivity index (χ0n) is 18.4. The number of nitrogens with one attached hydrogen (secondary N) is 1. The van der Waals surface area contributed by atoms with Crippen LogP contribution in [0.2, 0.25) is 0 Å². The third-order valence-electron chi connectivity index (χ3n) is 5.60. The van der Waals surface area contributed by atoms with Crippen molar-refractivity contribution in [1.29, 1.82) is 0 Å². The lowest BCUT2D eigenvalue weighted by atomic mass is 10.1. The Kier molecular flexibility index (Phi) is 6.14. The van der Waals surface area contributed by atoms with Crippen LogP contribution in [0.1, 0.15) is 41.9 Å². The molecule has 1 aliphatic heterocycles. The molecule has 4 rings (SSSR count). The first-order valence-corrected chi connectivity index (χ1v) is 11.5. The van der Waals surface area contributed by atoms with Crippen LogP contribution in [0.4, 0.5) is 5.69 Å². The maximum atomic E-state index is 12.6. The number of amides is 1.